The normalized spacial score (nSPS) is 30.8. The Labute approximate surface area is 118 Å². The minimum atomic E-state index is -0.0710. The van der Waals surface area contributed by atoms with Gasteiger partial charge in [0.1, 0.15) is 5.52 Å². The van der Waals surface area contributed by atoms with Crippen LogP contribution in [0.3, 0.4) is 0 Å². The summed E-state index contributed by atoms with van der Waals surface area (Å²) in [6.07, 6.45) is 11.7. The van der Waals surface area contributed by atoms with E-state index < -0.39 is 0 Å². The first-order chi connectivity index (χ1) is 9.70. The predicted octanol–water partition coefficient (Wildman–Crippen LogP) is 3.33. The highest BCUT2D eigenvalue weighted by molar-refractivity contribution is 5.78. The number of rotatable bonds is 2. The van der Waals surface area contributed by atoms with E-state index in [0.717, 1.165) is 11.4 Å². The second kappa shape index (κ2) is 4.21. The number of aromatic nitrogens is 3. The zero-order valence-corrected chi connectivity index (χ0v) is 11.9. The van der Waals surface area contributed by atoms with Crippen LogP contribution in [0, 0.1) is 11.3 Å². The van der Waals surface area contributed by atoms with Gasteiger partial charge in [-0.25, -0.2) is 4.98 Å². The summed E-state index contributed by atoms with van der Waals surface area (Å²) in [5.74, 6) is 1.46. The lowest BCUT2D eigenvalue weighted by Gasteiger charge is -2.50. The van der Waals surface area contributed by atoms with Crippen molar-refractivity contribution in [3.05, 3.63) is 28.4 Å². The van der Waals surface area contributed by atoms with E-state index in [2.05, 4.69) is 21.9 Å². The zero-order valence-electron chi connectivity index (χ0n) is 11.9. The number of aromatic amines is 2. The van der Waals surface area contributed by atoms with Crippen molar-refractivity contribution in [1.82, 2.24) is 15.0 Å². The van der Waals surface area contributed by atoms with Crippen LogP contribution in [0.25, 0.3) is 11.0 Å². The first-order valence-corrected chi connectivity index (χ1v) is 7.74. The quantitative estimate of drug-likeness (QED) is 0.880. The molecular formula is C16H21N3O. The van der Waals surface area contributed by atoms with E-state index in [1.165, 1.54) is 50.4 Å². The molecule has 0 aromatic carbocycles. The molecule has 3 saturated carbocycles. The third-order valence-electron chi connectivity index (χ3n) is 6.04. The lowest BCUT2D eigenvalue weighted by molar-refractivity contribution is 0.0434. The van der Waals surface area contributed by atoms with Crippen LogP contribution in [0.4, 0.5) is 0 Å². The predicted molar refractivity (Wildman–Crippen MR) is 78.8 cm³/mol. The second-order valence-electron chi connectivity index (χ2n) is 6.77. The van der Waals surface area contributed by atoms with Crippen LogP contribution in [0.15, 0.2) is 17.3 Å². The van der Waals surface area contributed by atoms with Gasteiger partial charge in [0.15, 0.2) is 0 Å². The summed E-state index contributed by atoms with van der Waals surface area (Å²) in [6.45, 7) is 2.33. The van der Waals surface area contributed by atoms with E-state index >= 15 is 0 Å². The van der Waals surface area contributed by atoms with E-state index in [-0.39, 0.29) is 5.56 Å². The molecule has 106 valence electrons. The van der Waals surface area contributed by atoms with Gasteiger partial charge in [-0.2, -0.15) is 0 Å². The Balaban J connectivity index is 1.79. The molecule has 0 spiro atoms. The summed E-state index contributed by atoms with van der Waals surface area (Å²) < 4.78 is 0. The van der Waals surface area contributed by atoms with Crippen molar-refractivity contribution < 1.29 is 0 Å². The molecule has 0 amide bonds. The van der Waals surface area contributed by atoms with E-state index in [4.69, 9.17) is 0 Å². The van der Waals surface area contributed by atoms with Crippen molar-refractivity contribution in [2.75, 3.05) is 0 Å². The molecule has 0 radical (unpaired) electrons. The van der Waals surface area contributed by atoms with Gasteiger partial charge in [-0.15, -0.1) is 0 Å². The maximum Gasteiger partial charge on any atom is 0.275 e. The van der Waals surface area contributed by atoms with Crippen LogP contribution >= 0.6 is 0 Å². The van der Waals surface area contributed by atoms with Crippen molar-refractivity contribution in [1.29, 1.82) is 0 Å². The largest absolute Gasteiger partial charge is 0.355 e. The molecular weight excluding hydrogens is 250 g/mol. The number of nitrogens with one attached hydrogen (secondary N) is 2. The summed E-state index contributed by atoms with van der Waals surface area (Å²) in [4.78, 5) is 22.0. The van der Waals surface area contributed by atoms with Crippen molar-refractivity contribution >= 4 is 11.0 Å². The summed E-state index contributed by atoms with van der Waals surface area (Å²) in [6, 6.07) is 0. The number of nitrogens with zero attached hydrogens (tertiary/aromatic N) is 1. The fourth-order valence-corrected chi connectivity index (χ4v) is 4.56. The molecule has 4 heteroatoms. The highest BCUT2D eigenvalue weighted by atomic mass is 16.1. The van der Waals surface area contributed by atoms with Crippen LogP contribution < -0.4 is 5.56 Å². The Morgan fingerprint density at radius 3 is 2.65 bits per heavy atom. The van der Waals surface area contributed by atoms with Gasteiger partial charge < -0.3 is 9.97 Å². The lowest BCUT2D eigenvalue weighted by Crippen LogP contribution is -2.37. The standard InChI is InChI=1S/C16H21N3O/c1-10(16-5-2-11(3-6-16)4-7-16)12-8-17-14-13(12)18-9-19-15(14)20/h8-11,17H,2-7H2,1H3,(H,18,19,20). The summed E-state index contributed by atoms with van der Waals surface area (Å²) in [5.41, 5.74) is 3.08. The first kappa shape index (κ1) is 12.2. The molecule has 2 N–H and O–H groups in total. The van der Waals surface area contributed by atoms with Crippen LogP contribution in [-0.2, 0) is 0 Å². The molecule has 2 aromatic rings. The van der Waals surface area contributed by atoms with E-state index in [0.29, 0.717) is 16.8 Å². The number of fused-ring (bicyclic) bond motifs is 4. The molecule has 20 heavy (non-hydrogen) atoms. The molecule has 0 aliphatic heterocycles. The zero-order chi connectivity index (χ0) is 13.7. The molecule has 2 heterocycles. The summed E-state index contributed by atoms with van der Waals surface area (Å²) in [7, 11) is 0. The maximum atomic E-state index is 11.8. The minimum absolute atomic E-state index is 0.0710. The molecule has 3 aliphatic carbocycles. The van der Waals surface area contributed by atoms with Crippen LogP contribution in [-0.4, -0.2) is 15.0 Å². The first-order valence-electron chi connectivity index (χ1n) is 7.74. The van der Waals surface area contributed by atoms with Crippen molar-refractivity contribution in [2.45, 2.75) is 51.4 Å². The Bertz CT molecular complexity index is 677. The smallest absolute Gasteiger partial charge is 0.275 e. The van der Waals surface area contributed by atoms with Crippen molar-refractivity contribution in [3.8, 4) is 0 Å². The number of H-pyrrole nitrogens is 2. The summed E-state index contributed by atoms with van der Waals surface area (Å²) in [5, 5.41) is 0. The SMILES string of the molecule is CC(c1c[nH]c2c(=O)[nH]cnc12)C12CCC(CC1)CC2. The monoisotopic (exact) mass is 271 g/mol. The third-order valence-corrected chi connectivity index (χ3v) is 6.04. The molecule has 2 aromatic heterocycles. The Morgan fingerprint density at radius 1 is 1.25 bits per heavy atom. The van der Waals surface area contributed by atoms with E-state index in [9.17, 15) is 4.79 Å². The second-order valence-corrected chi connectivity index (χ2v) is 6.77. The van der Waals surface area contributed by atoms with Gasteiger partial charge >= 0.3 is 0 Å². The van der Waals surface area contributed by atoms with Gasteiger partial charge in [0.25, 0.3) is 5.56 Å². The lowest BCUT2D eigenvalue weighted by atomic mass is 9.55. The summed E-state index contributed by atoms with van der Waals surface area (Å²) >= 11 is 0. The average molecular weight is 271 g/mol. The van der Waals surface area contributed by atoms with Gasteiger partial charge in [-0.05, 0) is 61.3 Å². The Morgan fingerprint density at radius 2 is 1.95 bits per heavy atom. The highest BCUT2D eigenvalue weighted by Gasteiger charge is 2.44. The Kier molecular flexibility index (Phi) is 2.56. The topological polar surface area (TPSA) is 61.5 Å². The molecule has 5 rings (SSSR count). The minimum Gasteiger partial charge on any atom is -0.355 e. The van der Waals surface area contributed by atoms with Crippen molar-refractivity contribution in [2.24, 2.45) is 11.3 Å². The molecule has 4 nitrogen and oxygen atoms in total. The fraction of sp³-hybridized carbons (Fsp3) is 0.625. The van der Waals surface area contributed by atoms with Gasteiger partial charge in [-0.1, -0.05) is 6.92 Å². The molecule has 1 atom stereocenters. The van der Waals surface area contributed by atoms with Gasteiger partial charge in [-0.3, -0.25) is 4.79 Å². The van der Waals surface area contributed by atoms with E-state index in [1.807, 2.05) is 6.20 Å². The Hall–Kier alpha value is -1.58. The number of hydrogen-bond acceptors (Lipinski definition) is 2. The van der Waals surface area contributed by atoms with Gasteiger partial charge in [0, 0.05) is 6.20 Å². The van der Waals surface area contributed by atoms with E-state index in [1.54, 1.807) is 0 Å². The molecule has 3 fully saturated rings. The van der Waals surface area contributed by atoms with Crippen LogP contribution in [0.1, 0.15) is 56.9 Å². The molecule has 1 unspecified atom stereocenters. The van der Waals surface area contributed by atoms with Gasteiger partial charge in [0.2, 0.25) is 0 Å². The third kappa shape index (κ3) is 1.60. The highest BCUT2D eigenvalue weighted by Crippen LogP contribution is 2.57. The number of hydrogen-bond donors (Lipinski definition) is 2. The van der Waals surface area contributed by atoms with Gasteiger partial charge in [0.05, 0.1) is 11.8 Å². The molecule has 0 saturated heterocycles. The fourth-order valence-electron chi connectivity index (χ4n) is 4.56. The maximum absolute atomic E-state index is 11.8. The van der Waals surface area contributed by atoms with Crippen LogP contribution in [0.5, 0.6) is 0 Å². The molecule has 2 bridgehead atoms. The molecule has 3 aliphatic rings. The van der Waals surface area contributed by atoms with Crippen LogP contribution in [0.2, 0.25) is 0 Å². The van der Waals surface area contributed by atoms with Crippen molar-refractivity contribution in [3.63, 3.8) is 0 Å². The average Bonchev–Trinajstić information content (AvgIpc) is 2.94.